The molecule has 1 amide bonds. The highest BCUT2D eigenvalue weighted by molar-refractivity contribution is 5.97. The van der Waals surface area contributed by atoms with Gasteiger partial charge in [-0.25, -0.2) is 4.39 Å². The van der Waals surface area contributed by atoms with Crippen LogP contribution < -0.4 is 4.74 Å². The molecule has 0 spiro atoms. The van der Waals surface area contributed by atoms with E-state index in [0.29, 0.717) is 43.1 Å². The maximum atomic E-state index is 13.9. The molecule has 2 aromatic rings. The van der Waals surface area contributed by atoms with Crippen LogP contribution in [0.5, 0.6) is 5.75 Å². The van der Waals surface area contributed by atoms with Crippen molar-refractivity contribution < 1.29 is 13.9 Å². The molecule has 1 aliphatic heterocycles. The number of piperidine rings is 1. The van der Waals surface area contributed by atoms with Crippen LogP contribution in [0.15, 0.2) is 24.3 Å². The van der Waals surface area contributed by atoms with E-state index in [1.807, 2.05) is 0 Å². The van der Waals surface area contributed by atoms with Gasteiger partial charge in [0.15, 0.2) is 6.61 Å². The first-order valence-electron chi connectivity index (χ1n) is 7.47. The molecule has 1 aromatic carbocycles. The van der Waals surface area contributed by atoms with Crippen molar-refractivity contribution in [3.05, 3.63) is 35.7 Å². The number of carbonyl (C=O) groups is 1. The van der Waals surface area contributed by atoms with E-state index in [4.69, 9.17) is 4.74 Å². The van der Waals surface area contributed by atoms with Crippen molar-refractivity contribution in [3.63, 3.8) is 0 Å². The summed E-state index contributed by atoms with van der Waals surface area (Å²) >= 11 is 0. The largest absolute Gasteiger partial charge is 0.485 e. The molecule has 0 radical (unpaired) electrons. The number of amides is 1. The zero-order chi connectivity index (χ0) is 16.3. The fraction of sp³-hybridized carbons (Fsp3) is 0.467. The van der Waals surface area contributed by atoms with Gasteiger partial charge in [-0.15, -0.1) is 10.2 Å². The van der Waals surface area contributed by atoms with Crippen LogP contribution in [-0.2, 0) is 6.61 Å². The Morgan fingerprint density at radius 3 is 2.83 bits per heavy atom. The molecular formula is C15H18FN5O2. The van der Waals surface area contributed by atoms with E-state index in [9.17, 15) is 9.18 Å². The van der Waals surface area contributed by atoms with Crippen molar-refractivity contribution in [3.8, 4) is 5.75 Å². The maximum absolute atomic E-state index is 13.9. The third-order valence-corrected chi connectivity index (χ3v) is 3.96. The minimum atomic E-state index is -1.19. The van der Waals surface area contributed by atoms with E-state index in [-0.39, 0.29) is 12.5 Å². The van der Waals surface area contributed by atoms with Crippen molar-refractivity contribution in [1.82, 2.24) is 25.5 Å². The van der Waals surface area contributed by atoms with Crippen LogP contribution in [0.4, 0.5) is 4.39 Å². The fourth-order valence-corrected chi connectivity index (χ4v) is 2.50. The highest BCUT2D eigenvalue weighted by atomic mass is 19.1. The van der Waals surface area contributed by atoms with E-state index < -0.39 is 5.67 Å². The normalized spacial score (nSPS) is 17.0. The van der Waals surface area contributed by atoms with Gasteiger partial charge in [0.2, 0.25) is 5.82 Å². The molecule has 0 atom stereocenters. The fourth-order valence-electron chi connectivity index (χ4n) is 2.50. The molecule has 1 aromatic heterocycles. The molecule has 1 aliphatic rings. The van der Waals surface area contributed by atoms with Gasteiger partial charge in [0.25, 0.3) is 5.91 Å². The number of halogens is 1. The first kappa shape index (κ1) is 15.4. The van der Waals surface area contributed by atoms with Gasteiger partial charge in [-0.2, -0.15) is 5.21 Å². The smallest absolute Gasteiger partial charge is 0.257 e. The first-order chi connectivity index (χ1) is 11.1. The molecule has 3 rings (SSSR count). The number of hydrogen-bond donors (Lipinski definition) is 1. The summed E-state index contributed by atoms with van der Waals surface area (Å²) in [6.45, 7) is 2.51. The van der Waals surface area contributed by atoms with Crippen LogP contribution in [0.2, 0.25) is 0 Å². The van der Waals surface area contributed by atoms with Gasteiger partial charge in [0.1, 0.15) is 11.4 Å². The summed E-state index contributed by atoms with van der Waals surface area (Å²) in [5, 5.41) is 13.4. The summed E-state index contributed by atoms with van der Waals surface area (Å²) in [6.07, 6.45) is 0.704. The number of nitrogens with zero attached hydrogens (tertiary/aromatic N) is 4. The summed E-state index contributed by atoms with van der Waals surface area (Å²) < 4.78 is 19.5. The summed E-state index contributed by atoms with van der Waals surface area (Å²) in [7, 11) is 0. The number of H-pyrrole nitrogens is 1. The molecule has 1 fully saturated rings. The lowest BCUT2D eigenvalue weighted by molar-refractivity contribution is 0.0500. The molecule has 0 saturated carbocycles. The second-order valence-corrected chi connectivity index (χ2v) is 5.82. The van der Waals surface area contributed by atoms with Crippen molar-refractivity contribution in [1.29, 1.82) is 0 Å². The second-order valence-electron chi connectivity index (χ2n) is 5.82. The number of carbonyl (C=O) groups excluding carboxylic acids is 1. The number of benzene rings is 1. The molecule has 122 valence electrons. The third kappa shape index (κ3) is 3.64. The standard InChI is InChI=1S/C15H18FN5O2/c1-15(16)6-8-21(9-7-15)14(22)11-4-2-3-5-12(11)23-10-13-17-19-20-18-13/h2-5H,6-10H2,1H3,(H,17,18,19,20). The van der Waals surface area contributed by atoms with E-state index in [0.717, 1.165) is 0 Å². The summed E-state index contributed by atoms with van der Waals surface area (Å²) in [4.78, 5) is 14.3. The van der Waals surface area contributed by atoms with Gasteiger partial charge >= 0.3 is 0 Å². The molecule has 23 heavy (non-hydrogen) atoms. The molecule has 0 unspecified atom stereocenters. The molecular weight excluding hydrogens is 301 g/mol. The van der Waals surface area contributed by atoms with Crippen LogP contribution in [0.25, 0.3) is 0 Å². The molecule has 8 heteroatoms. The Morgan fingerprint density at radius 2 is 2.13 bits per heavy atom. The molecule has 0 bridgehead atoms. The summed E-state index contributed by atoms with van der Waals surface area (Å²) in [5.74, 6) is 0.707. The SMILES string of the molecule is CC1(F)CCN(C(=O)c2ccccc2OCc2nn[nH]n2)CC1. The Balaban J connectivity index is 1.70. The topological polar surface area (TPSA) is 84.0 Å². The minimum absolute atomic E-state index is 0.114. The van der Waals surface area contributed by atoms with Crippen molar-refractivity contribution in [2.24, 2.45) is 0 Å². The van der Waals surface area contributed by atoms with Gasteiger partial charge in [-0.1, -0.05) is 17.3 Å². The number of hydrogen-bond acceptors (Lipinski definition) is 5. The quantitative estimate of drug-likeness (QED) is 0.928. The van der Waals surface area contributed by atoms with Crippen molar-refractivity contribution >= 4 is 5.91 Å². The van der Waals surface area contributed by atoms with Crippen LogP contribution in [0.3, 0.4) is 0 Å². The van der Waals surface area contributed by atoms with E-state index in [1.54, 1.807) is 36.1 Å². The number of likely N-dealkylation sites (tertiary alicyclic amines) is 1. The zero-order valence-corrected chi connectivity index (χ0v) is 12.8. The number of aromatic nitrogens is 4. The molecule has 7 nitrogen and oxygen atoms in total. The van der Waals surface area contributed by atoms with Crippen LogP contribution in [0.1, 0.15) is 35.9 Å². The number of alkyl halides is 1. The summed E-state index contributed by atoms with van der Waals surface area (Å²) in [6, 6.07) is 6.99. The van der Waals surface area contributed by atoms with Crippen molar-refractivity contribution in [2.45, 2.75) is 32.0 Å². The van der Waals surface area contributed by atoms with E-state index in [1.165, 1.54) is 0 Å². The molecule has 1 saturated heterocycles. The van der Waals surface area contributed by atoms with Gasteiger partial charge in [-0.3, -0.25) is 4.79 Å². The van der Waals surface area contributed by atoms with E-state index in [2.05, 4.69) is 20.6 Å². The maximum Gasteiger partial charge on any atom is 0.257 e. The minimum Gasteiger partial charge on any atom is -0.485 e. The Bertz CT molecular complexity index is 664. The average molecular weight is 319 g/mol. The van der Waals surface area contributed by atoms with Crippen LogP contribution in [-0.4, -0.2) is 50.2 Å². The van der Waals surface area contributed by atoms with E-state index >= 15 is 0 Å². The Morgan fingerprint density at radius 1 is 1.39 bits per heavy atom. The predicted molar refractivity (Wildman–Crippen MR) is 79.6 cm³/mol. The number of aromatic amines is 1. The number of rotatable bonds is 4. The Kier molecular flexibility index (Phi) is 4.22. The third-order valence-electron chi connectivity index (χ3n) is 3.96. The molecule has 2 heterocycles. The number of ether oxygens (including phenoxy) is 1. The lowest BCUT2D eigenvalue weighted by Gasteiger charge is -2.34. The molecule has 1 N–H and O–H groups in total. The monoisotopic (exact) mass is 319 g/mol. The summed E-state index contributed by atoms with van der Waals surface area (Å²) in [5.41, 5.74) is -0.732. The highest BCUT2D eigenvalue weighted by Gasteiger charge is 2.32. The number of nitrogens with one attached hydrogen (secondary N) is 1. The van der Waals surface area contributed by atoms with Crippen LogP contribution >= 0.6 is 0 Å². The second kappa shape index (κ2) is 6.31. The Labute approximate surface area is 132 Å². The van der Waals surface area contributed by atoms with Crippen LogP contribution in [0, 0.1) is 0 Å². The van der Waals surface area contributed by atoms with Crippen molar-refractivity contribution in [2.75, 3.05) is 13.1 Å². The first-order valence-corrected chi connectivity index (χ1v) is 7.47. The lowest BCUT2D eigenvalue weighted by Crippen LogP contribution is -2.43. The number of tetrazole rings is 1. The molecule has 0 aliphatic carbocycles. The lowest BCUT2D eigenvalue weighted by atomic mass is 9.95. The Hall–Kier alpha value is -2.51. The number of para-hydroxylation sites is 1. The average Bonchev–Trinajstić information content (AvgIpc) is 3.06. The zero-order valence-electron chi connectivity index (χ0n) is 12.8. The van der Waals surface area contributed by atoms with Gasteiger partial charge in [0.05, 0.1) is 5.56 Å². The van der Waals surface area contributed by atoms with Gasteiger partial charge in [-0.05, 0) is 31.9 Å². The van der Waals surface area contributed by atoms with Gasteiger partial charge in [0, 0.05) is 13.1 Å². The predicted octanol–water partition coefficient (Wildman–Crippen LogP) is 1.74. The highest BCUT2D eigenvalue weighted by Crippen LogP contribution is 2.28. The van der Waals surface area contributed by atoms with Gasteiger partial charge < -0.3 is 9.64 Å².